The molecule has 0 saturated heterocycles. The molecule has 1 amide bonds. The quantitative estimate of drug-likeness (QED) is 0.0895. The Morgan fingerprint density at radius 1 is 0.902 bits per heavy atom. The molecule has 206 valence electrons. The van der Waals surface area contributed by atoms with Gasteiger partial charge in [-0.25, -0.2) is 10.2 Å². The maximum atomic E-state index is 13.4. The number of aromatic nitrogens is 1. The number of carbonyl (C=O) groups excluding carboxylic acids is 2. The number of H-pyrrole nitrogens is 1. The summed E-state index contributed by atoms with van der Waals surface area (Å²) in [5.74, 6) is -0.126. The molecule has 41 heavy (non-hydrogen) atoms. The second-order valence-corrected chi connectivity index (χ2v) is 9.53. The number of ether oxygens (including phenoxy) is 2. The van der Waals surface area contributed by atoms with Gasteiger partial charge in [0.25, 0.3) is 5.91 Å². The SMILES string of the molecule is CCOc1cc(C=NNC(=O)c2[nH]c3c(CC)cccc3c2-c2ccccc2)ccc1OC(=O)c1ccc(C)cc1. The Labute approximate surface area is 238 Å². The van der Waals surface area contributed by atoms with Gasteiger partial charge >= 0.3 is 5.97 Å². The molecule has 0 atom stereocenters. The van der Waals surface area contributed by atoms with Crippen LogP contribution in [0.25, 0.3) is 22.0 Å². The highest BCUT2D eigenvalue weighted by molar-refractivity contribution is 6.10. The zero-order valence-electron chi connectivity index (χ0n) is 23.2. The summed E-state index contributed by atoms with van der Waals surface area (Å²) in [5, 5.41) is 5.19. The first-order valence-corrected chi connectivity index (χ1v) is 13.6. The molecule has 5 aromatic rings. The zero-order valence-corrected chi connectivity index (χ0v) is 23.2. The van der Waals surface area contributed by atoms with E-state index in [4.69, 9.17) is 9.47 Å². The highest BCUT2D eigenvalue weighted by Crippen LogP contribution is 2.34. The molecule has 4 aromatic carbocycles. The number of nitrogens with one attached hydrogen (secondary N) is 2. The molecule has 2 N–H and O–H groups in total. The second kappa shape index (κ2) is 12.3. The molecule has 0 bridgehead atoms. The number of hydrogen-bond donors (Lipinski definition) is 2. The standard InChI is InChI=1S/C34H31N3O4/c1-4-24-12-9-13-27-30(25-10-7-6-8-11-25)32(36-31(24)27)33(38)37-35-21-23-16-19-28(29(20-23)40-5-2)41-34(39)26-17-14-22(3)15-18-26/h6-21,36H,4-5H2,1-3H3,(H,37,38). The van der Waals surface area contributed by atoms with Gasteiger partial charge in [0.2, 0.25) is 0 Å². The summed E-state index contributed by atoms with van der Waals surface area (Å²) in [7, 11) is 0. The van der Waals surface area contributed by atoms with Crippen LogP contribution in [0.15, 0.2) is 96.1 Å². The number of carbonyl (C=O) groups is 2. The molecule has 0 aliphatic heterocycles. The van der Waals surface area contributed by atoms with E-state index in [1.54, 1.807) is 30.3 Å². The molecule has 1 aromatic heterocycles. The summed E-state index contributed by atoms with van der Waals surface area (Å²) in [5.41, 5.74) is 9.12. The van der Waals surface area contributed by atoms with Crippen molar-refractivity contribution in [1.29, 1.82) is 0 Å². The fourth-order valence-electron chi connectivity index (χ4n) is 4.68. The third kappa shape index (κ3) is 6.04. The van der Waals surface area contributed by atoms with Crippen LogP contribution in [0, 0.1) is 6.92 Å². The average molecular weight is 546 g/mol. The van der Waals surface area contributed by atoms with E-state index in [0.29, 0.717) is 34.9 Å². The Kier molecular flexibility index (Phi) is 8.25. The van der Waals surface area contributed by atoms with Gasteiger partial charge in [-0.2, -0.15) is 5.10 Å². The summed E-state index contributed by atoms with van der Waals surface area (Å²) in [6.45, 7) is 6.28. The van der Waals surface area contributed by atoms with Crippen molar-refractivity contribution in [3.05, 3.63) is 119 Å². The van der Waals surface area contributed by atoms with Crippen molar-refractivity contribution in [1.82, 2.24) is 10.4 Å². The molecule has 0 aliphatic carbocycles. The van der Waals surface area contributed by atoms with Gasteiger partial charge in [0.1, 0.15) is 5.69 Å². The Hall–Kier alpha value is -5.17. The zero-order chi connectivity index (χ0) is 28.8. The molecule has 0 radical (unpaired) electrons. The second-order valence-electron chi connectivity index (χ2n) is 9.53. The Balaban J connectivity index is 1.37. The highest BCUT2D eigenvalue weighted by atomic mass is 16.6. The van der Waals surface area contributed by atoms with Crippen molar-refractivity contribution >= 4 is 29.0 Å². The number of amides is 1. The smallest absolute Gasteiger partial charge is 0.343 e. The van der Waals surface area contributed by atoms with E-state index in [9.17, 15) is 9.59 Å². The van der Waals surface area contributed by atoms with Crippen molar-refractivity contribution < 1.29 is 19.1 Å². The van der Waals surface area contributed by atoms with Crippen LogP contribution >= 0.6 is 0 Å². The first-order valence-electron chi connectivity index (χ1n) is 13.6. The maximum absolute atomic E-state index is 13.4. The fraction of sp³-hybridized carbons (Fsp3) is 0.147. The molecule has 0 spiro atoms. The molecular weight excluding hydrogens is 514 g/mol. The van der Waals surface area contributed by atoms with Crippen molar-refractivity contribution in [3.8, 4) is 22.6 Å². The van der Waals surface area contributed by atoms with Gasteiger partial charge in [0.15, 0.2) is 11.5 Å². The first kappa shape index (κ1) is 27.4. The lowest BCUT2D eigenvalue weighted by Crippen LogP contribution is -2.19. The summed E-state index contributed by atoms with van der Waals surface area (Å²) in [6.07, 6.45) is 2.36. The van der Waals surface area contributed by atoms with Crippen molar-refractivity contribution in [2.75, 3.05) is 6.61 Å². The van der Waals surface area contributed by atoms with Crippen LogP contribution in [0.2, 0.25) is 0 Å². The van der Waals surface area contributed by atoms with Crippen LogP contribution in [-0.4, -0.2) is 29.7 Å². The van der Waals surface area contributed by atoms with Gasteiger partial charge < -0.3 is 14.5 Å². The number of nitrogens with zero attached hydrogens (tertiary/aromatic N) is 1. The van der Waals surface area contributed by atoms with Crippen LogP contribution in [-0.2, 0) is 6.42 Å². The van der Waals surface area contributed by atoms with Gasteiger partial charge in [-0.3, -0.25) is 4.79 Å². The molecule has 0 saturated carbocycles. The highest BCUT2D eigenvalue weighted by Gasteiger charge is 2.20. The Morgan fingerprint density at radius 2 is 1.68 bits per heavy atom. The lowest BCUT2D eigenvalue weighted by atomic mass is 10.00. The Bertz CT molecular complexity index is 1720. The van der Waals surface area contributed by atoms with E-state index < -0.39 is 5.97 Å². The van der Waals surface area contributed by atoms with Crippen molar-refractivity contribution in [2.45, 2.75) is 27.2 Å². The van der Waals surface area contributed by atoms with Crippen LogP contribution < -0.4 is 14.9 Å². The molecule has 0 aliphatic rings. The third-order valence-corrected chi connectivity index (χ3v) is 6.73. The number of para-hydroxylation sites is 1. The predicted octanol–water partition coefficient (Wildman–Crippen LogP) is 7.09. The number of esters is 1. The van der Waals surface area contributed by atoms with Crippen LogP contribution in [0.5, 0.6) is 11.5 Å². The van der Waals surface area contributed by atoms with Crippen LogP contribution in [0.4, 0.5) is 0 Å². The van der Waals surface area contributed by atoms with Gasteiger partial charge in [-0.15, -0.1) is 0 Å². The number of aromatic amines is 1. The Morgan fingerprint density at radius 3 is 2.41 bits per heavy atom. The van der Waals surface area contributed by atoms with Crippen LogP contribution in [0.1, 0.15) is 51.4 Å². The van der Waals surface area contributed by atoms with E-state index in [-0.39, 0.29) is 5.91 Å². The number of benzene rings is 4. The summed E-state index contributed by atoms with van der Waals surface area (Å²) in [6, 6.07) is 28.2. The van der Waals surface area contributed by atoms with Crippen LogP contribution in [0.3, 0.4) is 0 Å². The maximum Gasteiger partial charge on any atom is 0.343 e. The predicted molar refractivity (Wildman–Crippen MR) is 162 cm³/mol. The first-order chi connectivity index (χ1) is 20.0. The minimum Gasteiger partial charge on any atom is -0.490 e. The van der Waals surface area contributed by atoms with Crippen molar-refractivity contribution in [2.24, 2.45) is 5.10 Å². The molecule has 0 unspecified atom stereocenters. The molecule has 5 rings (SSSR count). The number of hydrogen-bond acceptors (Lipinski definition) is 5. The fourth-order valence-corrected chi connectivity index (χ4v) is 4.68. The van der Waals surface area contributed by atoms with E-state index in [1.165, 1.54) is 6.21 Å². The number of fused-ring (bicyclic) bond motifs is 1. The van der Waals surface area contributed by atoms with Crippen molar-refractivity contribution in [3.63, 3.8) is 0 Å². The normalized spacial score (nSPS) is 11.1. The topological polar surface area (TPSA) is 92.8 Å². The number of hydrazone groups is 1. The van der Waals surface area contributed by atoms with Gasteiger partial charge in [-0.1, -0.05) is 73.2 Å². The molecular formula is C34H31N3O4. The van der Waals surface area contributed by atoms with Gasteiger partial charge in [0.05, 0.1) is 18.4 Å². The number of rotatable bonds is 9. The minimum absolute atomic E-state index is 0.302. The van der Waals surface area contributed by atoms with E-state index in [1.807, 2.05) is 68.4 Å². The minimum atomic E-state index is -0.474. The van der Waals surface area contributed by atoms with E-state index in [0.717, 1.165) is 39.6 Å². The molecule has 0 fully saturated rings. The van der Waals surface area contributed by atoms with Gasteiger partial charge in [0, 0.05) is 16.5 Å². The van der Waals surface area contributed by atoms with E-state index >= 15 is 0 Å². The lowest BCUT2D eigenvalue weighted by molar-refractivity contribution is 0.0728. The van der Waals surface area contributed by atoms with Gasteiger partial charge in [-0.05, 0) is 67.3 Å². The summed E-state index contributed by atoms with van der Waals surface area (Å²) < 4.78 is 11.3. The number of aryl methyl sites for hydroxylation is 2. The monoisotopic (exact) mass is 545 g/mol. The molecule has 7 nitrogen and oxygen atoms in total. The van der Waals surface area contributed by atoms with E-state index in [2.05, 4.69) is 28.5 Å². The largest absolute Gasteiger partial charge is 0.490 e. The summed E-state index contributed by atoms with van der Waals surface area (Å²) in [4.78, 5) is 29.3. The summed E-state index contributed by atoms with van der Waals surface area (Å²) >= 11 is 0. The molecule has 1 heterocycles. The average Bonchev–Trinajstić information content (AvgIpc) is 3.39. The third-order valence-electron chi connectivity index (χ3n) is 6.73. The molecule has 7 heteroatoms. The lowest BCUT2D eigenvalue weighted by Gasteiger charge is -2.11.